The van der Waals surface area contributed by atoms with Gasteiger partial charge in [0.2, 0.25) is 0 Å². The molecule has 2 fully saturated rings. The van der Waals surface area contributed by atoms with Crippen LogP contribution >= 0.6 is 12.4 Å². The topological polar surface area (TPSA) is 101 Å². The number of aromatic nitrogens is 5. The van der Waals surface area contributed by atoms with Gasteiger partial charge >= 0.3 is 0 Å². The van der Waals surface area contributed by atoms with Crippen LogP contribution in [0.4, 0.5) is 5.82 Å². The Morgan fingerprint density at radius 2 is 1.86 bits per heavy atom. The third-order valence-corrected chi connectivity index (χ3v) is 5.93. The van der Waals surface area contributed by atoms with E-state index in [1.807, 2.05) is 17.7 Å². The van der Waals surface area contributed by atoms with Crippen molar-refractivity contribution in [3.05, 3.63) is 23.1 Å². The number of amides is 1. The highest BCUT2D eigenvalue weighted by Crippen LogP contribution is 2.31. The quantitative estimate of drug-likeness (QED) is 0.675. The van der Waals surface area contributed by atoms with Crippen molar-refractivity contribution in [3.63, 3.8) is 0 Å². The van der Waals surface area contributed by atoms with Gasteiger partial charge in [-0.2, -0.15) is 5.10 Å². The number of rotatable bonds is 4. The number of carbonyl (C=O) groups is 1. The molecule has 0 radical (unpaired) electrons. The number of piperidine rings is 1. The minimum Gasteiger partial charge on any atom is -0.317 e. The summed E-state index contributed by atoms with van der Waals surface area (Å²) in [6.07, 6.45) is 9.58. The van der Waals surface area contributed by atoms with Crippen molar-refractivity contribution in [1.29, 1.82) is 0 Å². The molecule has 4 rings (SSSR count). The summed E-state index contributed by atoms with van der Waals surface area (Å²) >= 11 is 0. The number of H-pyrrole nitrogens is 1. The SMILES string of the molecule is Cc1c(C(=O)Nc2cc(C3CCCCCC3)[nH]n2)nnn1C1CCNCC1.Cl. The highest BCUT2D eigenvalue weighted by Gasteiger charge is 2.24. The maximum atomic E-state index is 12.7. The van der Waals surface area contributed by atoms with Crippen LogP contribution in [0.1, 0.15) is 85.2 Å². The van der Waals surface area contributed by atoms with Crippen molar-refractivity contribution in [1.82, 2.24) is 30.5 Å². The summed E-state index contributed by atoms with van der Waals surface area (Å²) in [7, 11) is 0. The number of anilines is 1. The Balaban J connectivity index is 0.00000225. The molecule has 28 heavy (non-hydrogen) atoms. The lowest BCUT2D eigenvalue weighted by Gasteiger charge is -2.23. The molecule has 0 bridgehead atoms. The van der Waals surface area contributed by atoms with Crippen molar-refractivity contribution < 1.29 is 4.79 Å². The molecule has 8 nitrogen and oxygen atoms in total. The Morgan fingerprint density at radius 1 is 1.14 bits per heavy atom. The Labute approximate surface area is 171 Å². The predicted molar refractivity (Wildman–Crippen MR) is 110 cm³/mol. The molecule has 3 N–H and O–H groups in total. The molecule has 0 spiro atoms. The molecule has 154 valence electrons. The standard InChI is InChI=1S/C19H29N7O.ClH/c1-13-18(24-25-26(13)15-8-10-20-11-9-15)19(27)21-17-12-16(22-23-17)14-6-4-2-3-5-7-14;/h12,14-15,20H,2-11H2,1H3,(H2,21,22,23,27);1H. The maximum Gasteiger partial charge on any atom is 0.279 e. The lowest BCUT2D eigenvalue weighted by atomic mass is 9.97. The third-order valence-electron chi connectivity index (χ3n) is 5.93. The number of carbonyl (C=O) groups excluding carboxylic acids is 1. The number of nitrogens with zero attached hydrogens (tertiary/aromatic N) is 4. The Hall–Kier alpha value is -1.93. The van der Waals surface area contributed by atoms with Crippen LogP contribution in [0.15, 0.2) is 6.07 Å². The maximum absolute atomic E-state index is 12.7. The van der Waals surface area contributed by atoms with E-state index in [9.17, 15) is 4.79 Å². The first-order valence-electron chi connectivity index (χ1n) is 10.2. The molecular formula is C19H30ClN7O. The van der Waals surface area contributed by atoms with Gasteiger partial charge in [0.1, 0.15) is 0 Å². The molecule has 1 aliphatic heterocycles. The second-order valence-corrected chi connectivity index (χ2v) is 7.80. The van der Waals surface area contributed by atoms with Crippen molar-refractivity contribution in [2.75, 3.05) is 18.4 Å². The molecule has 1 aliphatic carbocycles. The second-order valence-electron chi connectivity index (χ2n) is 7.80. The van der Waals surface area contributed by atoms with Gasteiger partial charge in [0.15, 0.2) is 11.5 Å². The van der Waals surface area contributed by atoms with Gasteiger partial charge < -0.3 is 10.6 Å². The first-order chi connectivity index (χ1) is 13.2. The van der Waals surface area contributed by atoms with E-state index in [0.717, 1.165) is 37.3 Å². The van der Waals surface area contributed by atoms with Gasteiger partial charge in [0, 0.05) is 17.7 Å². The molecule has 2 aliphatic rings. The third kappa shape index (κ3) is 4.55. The smallest absolute Gasteiger partial charge is 0.279 e. The number of halogens is 1. The highest BCUT2D eigenvalue weighted by molar-refractivity contribution is 6.03. The zero-order chi connectivity index (χ0) is 18.6. The van der Waals surface area contributed by atoms with Gasteiger partial charge in [0.25, 0.3) is 5.91 Å². The van der Waals surface area contributed by atoms with Crippen LogP contribution in [-0.2, 0) is 0 Å². The summed E-state index contributed by atoms with van der Waals surface area (Å²) in [6.45, 7) is 3.86. The van der Waals surface area contributed by atoms with Crippen molar-refractivity contribution >= 4 is 24.1 Å². The summed E-state index contributed by atoms with van der Waals surface area (Å²) in [5.74, 6) is 0.842. The minimum atomic E-state index is -0.244. The van der Waals surface area contributed by atoms with Crippen LogP contribution < -0.4 is 10.6 Å². The van der Waals surface area contributed by atoms with Crippen LogP contribution in [0.2, 0.25) is 0 Å². The summed E-state index contributed by atoms with van der Waals surface area (Å²) in [4.78, 5) is 12.7. The summed E-state index contributed by atoms with van der Waals surface area (Å²) < 4.78 is 1.90. The number of aromatic amines is 1. The van der Waals surface area contributed by atoms with Crippen molar-refractivity contribution in [2.45, 2.75) is 70.3 Å². The number of hydrogen-bond donors (Lipinski definition) is 3. The van der Waals surface area contributed by atoms with Crippen molar-refractivity contribution in [3.8, 4) is 0 Å². The van der Waals surface area contributed by atoms with Crippen LogP contribution in [0.25, 0.3) is 0 Å². The van der Waals surface area contributed by atoms with E-state index in [2.05, 4.69) is 31.1 Å². The highest BCUT2D eigenvalue weighted by atomic mass is 35.5. The predicted octanol–water partition coefficient (Wildman–Crippen LogP) is 3.35. The van der Waals surface area contributed by atoms with E-state index in [1.165, 1.54) is 38.5 Å². The first kappa shape index (κ1) is 20.8. The minimum absolute atomic E-state index is 0. The fraction of sp³-hybridized carbons (Fsp3) is 0.684. The fourth-order valence-electron chi connectivity index (χ4n) is 4.32. The van der Waals surface area contributed by atoms with Crippen LogP contribution in [0, 0.1) is 6.92 Å². The second kappa shape index (κ2) is 9.52. The molecule has 2 aromatic rings. The lowest BCUT2D eigenvalue weighted by Crippen LogP contribution is -2.30. The van der Waals surface area contributed by atoms with Gasteiger partial charge in [-0.15, -0.1) is 17.5 Å². The summed E-state index contributed by atoms with van der Waals surface area (Å²) in [5, 5.41) is 22.0. The monoisotopic (exact) mass is 407 g/mol. The van der Waals surface area contributed by atoms with Gasteiger partial charge in [-0.25, -0.2) is 4.68 Å². The van der Waals surface area contributed by atoms with Crippen molar-refractivity contribution in [2.24, 2.45) is 0 Å². The Kier molecular flexibility index (Phi) is 7.07. The van der Waals surface area contributed by atoms with Gasteiger partial charge in [-0.3, -0.25) is 9.89 Å². The molecule has 3 heterocycles. The van der Waals surface area contributed by atoms with E-state index < -0.39 is 0 Å². The molecule has 2 aromatic heterocycles. The molecule has 0 aromatic carbocycles. The van der Waals surface area contributed by atoms with Crippen LogP contribution in [-0.4, -0.2) is 44.2 Å². The largest absolute Gasteiger partial charge is 0.317 e. The molecular weight excluding hydrogens is 378 g/mol. The summed E-state index contributed by atoms with van der Waals surface area (Å²) in [5.41, 5.74) is 2.33. The molecule has 1 saturated carbocycles. The molecule has 0 unspecified atom stereocenters. The van der Waals surface area contributed by atoms with E-state index in [4.69, 9.17) is 0 Å². The van der Waals surface area contributed by atoms with E-state index in [0.29, 0.717) is 23.5 Å². The van der Waals surface area contributed by atoms with E-state index in [-0.39, 0.29) is 18.3 Å². The molecule has 1 amide bonds. The number of hydrogen-bond acceptors (Lipinski definition) is 5. The van der Waals surface area contributed by atoms with Gasteiger partial charge in [0.05, 0.1) is 11.7 Å². The normalized spacial score (nSPS) is 19.0. The average Bonchev–Trinajstić information content (AvgIpc) is 3.20. The average molecular weight is 408 g/mol. The zero-order valence-corrected chi connectivity index (χ0v) is 17.2. The van der Waals surface area contributed by atoms with Crippen LogP contribution in [0.3, 0.4) is 0 Å². The molecule has 0 atom stereocenters. The summed E-state index contributed by atoms with van der Waals surface area (Å²) in [6, 6.07) is 2.29. The molecule has 1 saturated heterocycles. The zero-order valence-electron chi connectivity index (χ0n) is 16.4. The van der Waals surface area contributed by atoms with Gasteiger partial charge in [-0.05, 0) is 45.7 Å². The Bertz CT molecular complexity index is 773. The first-order valence-corrected chi connectivity index (χ1v) is 10.2. The lowest BCUT2D eigenvalue weighted by molar-refractivity contribution is 0.102. The fourth-order valence-corrected chi connectivity index (χ4v) is 4.32. The molecule has 9 heteroatoms. The van der Waals surface area contributed by atoms with Gasteiger partial charge in [-0.1, -0.05) is 30.9 Å². The van der Waals surface area contributed by atoms with Crippen LogP contribution in [0.5, 0.6) is 0 Å². The van der Waals surface area contributed by atoms with E-state index >= 15 is 0 Å². The Morgan fingerprint density at radius 3 is 2.57 bits per heavy atom. The number of nitrogens with one attached hydrogen (secondary N) is 3. The van der Waals surface area contributed by atoms with E-state index in [1.54, 1.807) is 0 Å².